The van der Waals surface area contributed by atoms with Gasteiger partial charge >= 0.3 is 5.97 Å². The van der Waals surface area contributed by atoms with Crippen molar-refractivity contribution in [1.29, 1.82) is 0 Å². The molecule has 0 aliphatic heterocycles. The number of hydrogen-bond donors (Lipinski definition) is 2. The lowest BCUT2D eigenvalue weighted by Gasteiger charge is -2.32. The number of aliphatic hydroxyl groups excluding tert-OH is 1. The van der Waals surface area contributed by atoms with E-state index in [0.717, 1.165) is 11.1 Å². The number of carboxylic acid groups (broad SMARTS) is 1. The van der Waals surface area contributed by atoms with E-state index in [1.54, 1.807) is 19.9 Å². The molecule has 0 radical (unpaired) electrons. The molecule has 0 amide bonds. The first-order valence-electron chi connectivity index (χ1n) is 10.3. The van der Waals surface area contributed by atoms with Gasteiger partial charge in [0.15, 0.2) is 0 Å². The van der Waals surface area contributed by atoms with Crippen LogP contribution in [0, 0.1) is 10.8 Å². The highest BCUT2D eigenvalue weighted by molar-refractivity contribution is 5.75. The van der Waals surface area contributed by atoms with Gasteiger partial charge in [-0.2, -0.15) is 0 Å². The maximum Gasteiger partial charge on any atom is 0.312 e. The maximum atomic E-state index is 11.4. The molecule has 0 aromatic carbocycles. The second kappa shape index (κ2) is 10.1. The molecule has 1 aliphatic carbocycles. The van der Waals surface area contributed by atoms with Crippen molar-refractivity contribution in [1.82, 2.24) is 0 Å². The average molecular weight is 387 g/mol. The first-order chi connectivity index (χ1) is 12.9. The Bertz CT molecular complexity index is 716. The first-order valence-corrected chi connectivity index (χ1v) is 10.3. The van der Waals surface area contributed by atoms with Crippen molar-refractivity contribution < 1.29 is 15.0 Å². The molecule has 3 heteroatoms. The molecule has 3 nitrogen and oxygen atoms in total. The first kappa shape index (κ1) is 24.2. The van der Waals surface area contributed by atoms with Crippen LogP contribution in [0.25, 0.3) is 0 Å². The van der Waals surface area contributed by atoms with Gasteiger partial charge in [-0.25, -0.2) is 0 Å². The highest BCUT2D eigenvalue weighted by atomic mass is 16.4. The average Bonchev–Trinajstić information content (AvgIpc) is 2.59. The van der Waals surface area contributed by atoms with Crippen molar-refractivity contribution >= 4 is 5.97 Å². The number of rotatable bonds is 8. The van der Waals surface area contributed by atoms with Crippen molar-refractivity contribution in [2.75, 3.05) is 0 Å². The summed E-state index contributed by atoms with van der Waals surface area (Å²) in [5, 5.41) is 19.7. The minimum absolute atomic E-state index is 0.237. The van der Waals surface area contributed by atoms with Gasteiger partial charge in [0.05, 0.1) is 11.5 Å². The van der Waals surface area contributed by atoms with Crippen LogP contribution in [0.1, 0.15) is 74.1 Å². The normalized spacial score (nSPS) is 22.0. The van der Waals surface area contributed by atoms with Gasteiger partial charge in [0.25, 0.3) is 0 Å². The van der Waals surface area contributed by atoms with E-state index in [9.17, 15) is 15.0 Å². The summed E-state index contributed by atoms with van der Waals surface area (Å²) in [6.07, 6.45) is 14.9. The standard InChI is InChI=1S/C25H38O3/c1-8-25(7,23(27)28)22(26)17-19(3)12-9-11-18(2)14-15-21-20(4)13-10-16-24(21,5)6/h9,11-12,14-15,17,22,26H,8,10,13,16H2,1-7H3,(H,27,28). The van der Waals surface area contributed by atoms with Crippen molar-refractivity contribution in [3.05, 3.63) is 58.7 Å². The number of carboxylic acids is 1. The van der Waals surface area contributed by atoms with E-state index in [1.165, 1.54) is 30.4 Å². The summed E-state index contributed by atoms with van der Waals surface area (Å²) in [6.45, 7) is 14.2. The Kier molecular flexibility index (Phi) is 8.69. The van der Waals surface area contributed by atoms with Gasteiger partial charge in [-0.05, 0) is 64.4 Å². The molecule has 0 aromatic heterocycles. The van der Waals surface area contributed by atoms with E-state index in [-0.39, 0.29) is 5.41 Å². The number of aliphatic hydroxyl groups is 1. The van der Waals surface area contributed by atoms with E-state index in [1.807, 2.05) is 25.2 Å². The molecular weight excluding hydrogens is 348 g/mol. The van der Waals surface area contributed by atoms with Gasteiger partial charge in [-0.3, -0.25) is 4.79 Å². The van der Waals surface area contributed by atoms with Crippen molar-refractivity contribution in [3.8, 4) is 0 Å². The lowest BCUT2D eigenvalue weighted by Crippen LogP contribution is -2.38. The third-order valence-corrected chi connectivity index (χ3v) is 6.07. The van der Waals surface area contributed by atoms with Crippen LogP contribution in [0.4, 0.5) is 0 Å². The summed E-state index contributed by atoms with van der Waals surface area (Å²) in [7, 11) is 0. The second-order valence-corrected chi connectivity index (χ2v) is 8.97. The second-order valence-electron chi connectivity index (χ2n) is 8.97. The Balaban J connectivity index is 2.84. The smallest absolute Gasteiger partial charge is 0.312 e. The Morgan fingerprint density at radius 3 is 2.43 bits per heavy atom. The molecule has 1 aliphatic rings. The SMILES string of the molecule is CCC(C)(C(=O)O)C(O)C=C(C)C=CC=C(C)C=CC1=C(C)CCCC1(C)C. The molecule has 156 valence electrons. The summed E-state index contributed by atoms with van der Waals surface area (Å²) >= 11 is 0. The Morgan fingerprint density at radius 1 is 1.25 bits per heavy atom. The molecule has 0 fully saturated rings. The van der Waals surface area contributed by atoms with Crippen LogP contribution in [-0.4, -0.2) is 22.3 Å². The zero-order chi connectivity index (χ0) is 21.5. The van der Waals surface area contributed by atoms with E-state index in [4.69, 9.17) is 0 Å². The zero-order valence-corrected chi connectivity index (χ0v) is 18.7. The Morgan fingerprint density at radius 2 is 1.89 bits per heavy atom. The summed E-state index contributed by atoms with van der Waals surface area (Å²) in [5.41, 5.74) is 3.99. The minimum Gasteiger partial charge on any atom is -0.481 e. The number of hydrogen-bond acceptors (Lipinski definition) is 2. The van der Waals surface area contributed by atoms with Gasteiger partial charge in [0.2, 0.25) is 0 Å². The predicted octanol–water partition coefficient (Wildman–Crippen LogP) is 6.38. The molecular formula is C25H38O3. The third-order valence-electron chi connectivity index (χ3n) is 6.07. The van der Waals surface area contributed by atoms with Crippen molar-refractivity contribution in [2.24, 2.45) is 10.8 Å². The maximum absolute atomic E-state index is 11.4. The van der Waals surface area contributed by atoms with Crippen LogP contribution < -0.4 is 0 Å². The highest BCUT2D eigenvalue weighted by Gasteiger charge is 2.37. The fraction of sp³-hybridized carbons (Fsp3) is 0.560. The van der Waals surface area contributed by atoms with Gasteiger partial charge in [0, 0.05) is 0 Å². The third kappa shape index (κ3) is 6.34. The summed E-state index contributed by atoms with van der Waals surface area (Å²) < 4.78 is 0. The predicted molar refractivity (Wildman–Crippen MR) is 118 cm³/mol. The van der Waals surface area contributed by atoms with E-state index in [0.29, 0.717) is 6.42 Å². The number of carbonyl (C=O) groups is 1. The van der Waals surface area contributed by atoms with Crippen LogP contribution in [0.3, 0.4) is 0 Å². The molecule has 2 atom stereocenters. The quantitative estimate of drug-likeness (QED) is 0.476. The fourth-order valence-electron chi connectivity index (χ4n) is 3.61. The molecule has 0 bridgehead atoms. The van der Waals surface area contributed by atoms with E-state index < -0.39 is 17.5 Å². The topological polar surface area (TPSA) is 57.5 Å². The lowest BCUT2D eigenvalue weighted by molar-refractivity contribution is -0.153. The molecule has 2 unspecified atom stereocenters. The van der Waals surface area contributed by atoms with Crippen LogP contribution in [0.5, 0.6) is 0 Å². The van der Waals surface area contributed by atoms with Gasteiger partial charge in [-0.15, -0.1) is 0 Å². The number of allylic oxidation sites excluding steroid dienone is 9. The molecule has 1 rings (SSSR count). The van der Waals surface area contributed by atoms with Crippen LogP contribution in [-0.2, 0) is 4.79 Å². The monoisotopic (exact) mass is 386 g/mol. The van der Waals surface area contributed by atoms with Crippen LogP contribution in [0.15, 0.2) is 58.7 Å². The lowest BCUT2D eigenvalue weighted by atomic mass is 9.72. The van der Waals surface area contributed by atoms with Crippen LogP contribution >= 0.6 is 0 Å². The Hall–Kier alpha value is -1.87. The molecule has 0 saturated carbocycles. The van der Waals surface area contributed by atoms with E-state index in [2.05, 4.69) is 39.8 Å². The molecule has 0 spiro atoms. The molecule has 0 heterocycles. The minimum atomic E-state index is -1.16. The molecule has 0 aromatic rings. The van der Waals surface area contributed by atoms with Crippen molar-refractivity contribution in [2.45, 2.75) is 80.3 Å². The van der Waals surface area contributed by atoms with E-state index >= 15 is 0 Å². The Labute approximate surface area is 171 Å². The summed E-state index contributed by atoms with van der Waals surface area (Å²) in [6, 6.07) is 0. The van der Waals surface area contributed by atoms with Gasteiger partial charge in [0.1, 0.15) is 0 Å². The molecule has 2 N–H and O–H groups in total. The summed E-state index contributed by atoms with van der Waals surface area (Å²) in [4.78, 5) is 11.4. The highest BCUT2D eigenvalue weighted by Crippen LogP contribution is 2.40. The van der Waals surface area contributed by atoms with Gasteiger partial charge in [-0.1, -0.05) is 73.9 Å². The van der Waals surface area contributed by atoms with Gasteiger partial charge < -0.3 is 10.2 Å². The number of aliphatic carboxylic acids is 1. The molecule has 0 saturated heterocycles. The largest absolute Gasteiger partial charge is 0.481 e. The fourth-order valence-corrected chi connectivity index (χ4v) is 3.61. The van der Waals surface area contributed by atoms with Crippen LogP contribution in [0.2, 0.25) is 0 Å². The van der Waals surface area contributed by atoms with Crippen molar-refractivity contribution in [3.63, 3.8) is 0 Å². The zero-order valence-electron chi connectivity index (χ0n) is 18.7. The molecule has 28 heavy (non-hydrogen) atoms. The summed E-state index contributed by atoms with van der Waals surface area (Å²) in [5.74, 6) is -0.980.